The van der Waals surface area contributed by atoms with Crippen LogP contribution in [0, 0.1) is 0 Å². The molecule has 1 aromatic carbocycles. The average molecular weight is 214 g/mol. The van der Waals surface area contributed by atoms with E-state index in [1.165, 1.54) is 5.57 Å². The maximum atomic E-state index is 11.5. The van der Waals surface area contributed by atoms with Crippen molar-refractivity contribution < 1.29 is 4.79 Å². The van der Waals surface area contributed by atoms with Crippen LogP contribution in [0.1, 0.15) is 32.3 Å². The normalized spacial score (nSPS) is 10.4. The van der Waals surface area contributed by atoms with Gasteiger partial charge in [0, 0.05) is 6.42 Å². The Kier molecular flexibility index (Phi) is 5.27. The third-order valence-corrected chi connectivity index (χ3v) is 2.20. The van der Waals surface area contributed by atoms with E-state index in [2.05, 4.69) is 6.08 Å². The molecule has 0 saturated carbocycles. The summed E-state index contributed by atoms with van der Waals surface area (Å²) in [5, 5.41) is 0. The Hall–Kier alpha value is -1.63. The Bertz CT molecular complexity index is 381. The zero-order valence-corrected chi connectivity index (χ0v) is 9.94. The molecule has 0 heterocycles. The zero-order chi connectivity index (χ0) is 11.8. The summed E-state index contributed by atoms with van der Waals surface area (Å²) in [5.74, 6) is 0.182. The molecule has 0 fully saturated rings. The number of allylic oxidation sites excluding steroid dienone is 3. The summed E-state index contributed by atoms with van der Waals surface area (Å²) in [7, 11) is 0. The summed E-state index contributed by atoms with van der Waals surface area (Å²) in [5.41, 5.74) is 2.33. The van der Waals surface area contributed by atoms with E-state index in [0.717, 1.165) is 12.0 Å². The molecule has 16 heavy (non-hydrogen) atoms. The highest BCUT2D eigenvalue weighted by Crippen LogP contribution is 2.03. The van der Waals surface area contributed by atoms with Crippen LogP contribution >= 0.6 is 0 Å². The number of carbonyl (C=O) groups excluding carboxylic acids is 1. The first-order valence-corrected chi connectivity index (χ1v) is 5.58. The fraction of sp³-hybridized carbons (Fsp3) is 0.267. The van der Waals surface area contributed by atoms with Crippen LogP contribution in [-0.2, 0) is 4.79 Å². The van der Waals surface area contributed by atoms with E-state index in [4.69, 9.17) is 0 Å². The summed E-state index contributed by atoms with van der Waals surface area (Å²) in [4.78, 5) is 11.5. The quantitative estimate of drug-likeness (QED) is 0.534. The number of carbonyl (C=O) groups is 1. The molecule has 0 saturated heterocycles. The van der Waals surface area contributed by atoms with Gasteiger partial charge in [-0.05, 0) is 31.9 Å². The fourth-order valence-electron chi connectivity index (χ4n) is 1.34. The molecule has 0 spiro atoms. The highest BCUT2D eigenvalue weighted by atomic mass is 16.1. The van der Waals surface area contributed by atoms with Crippen molar-refractivity contribution in [2.75, 3.05) is 0 Å². The van der Waals surface area contributed by atoms with Gasteiger partial charge in [0.2, 0.25) is 0 Å². The van der Waals surface area contributed by atoms with Crippen molar-refractivity contribution in [2.45, 2.75) is 26.7 Å². The largest absolute Gasteiger partial charge is 0.295 e. The first-order valence-electron chi connectivity index (χ1n) is 5.58. The van der Waals surface area contributed by atoms with Gasteiger partial charge >= 0.3 is 0 Å². The van der Waals surface area contributed by atoms with Gasteiger partial charge in [0.15, 0.2) is 5.78 Å². The highest BCUT2D eigenvalue weighted by molar-refractivity contribution is 5.93. The summed E-state index contributed by atoms with van der Waals surface area (Å²) < 4.78 is 0. The molecule has 0 radical (unpaired) electrons. The van der Waals surface area contributed by atoms with E-state index < -0.39 is 0 Å². The van der Waals surface area contributed by atoms with Crippen molar-refractivity contribution in [3.05, 3.63) is 53.6 Å². The van der Waals surface area contributed by atoms with Gasteiger partial charge in [-0.3, -0.25) is 4.79 Å². The monoisotopic (exact) mass is 214 g/mol. The summed E-state index contributed by atoms with van der Waals surface area (Å²) in [6, 6.07) is 9.87. The van der Waals surface area contributed by atoms with Crippen LogP contribution in [0.4, 0.5) is 0 Å². The Morgan fingerprint density at radius 2 is 1.88 bits per heavy atom. The molecule has 0 aromatic heterocycles. The smallest absolute Gasteiger partial charge is 0.156 e. The van der Waals surface area contributed by atoms with E-state index in [1.54, 1.807) is 6.08 Å². The van der Waals surface area contributed by atoms with Gasteiger partial charge in [-0.1, -0.05) is 48.1 Å². The molecule has 1 nitrogen and oxygen atoms in total. The van der Waals surface area contributed by atoms with Crippen LogP contribution in [-0.4, -0.2) is 5.78 Å². The van der Waals surface area contributed by atoms with Gasteiger partial charge in [0.1, 0.15) is 0 Å². The lowest BCUT2D eigenvalue weighted by Crippen LogP contribution is -1.90. The molecule has 0 aliphatic carbocycles. The molecule has 0 amide bonds. The van der Waals surface area contributed by atoms with Crippen molar-refractivity contribution in [3.8, 4) is 0 Å². The summed E-state index contributed by atoms with van der Waals surface area (Å²) >= 11 is 0. The third kappa shape index (κ3) is 5.30. The van der Waals surface area contributed by atoms with Crippen molar-refractivity contribution in [1.29, 1.82) is 0 Å². The van der Waals surface area contributed by atoms with Crippen LogP contribution in [0.25, 0.3) is 6.08 Å². The second-order valence-electron chi connectivity index (χ2n) is 4.03. The molecule has 0 N–H and O–H groups in total. The van der Waals surface area contributed by atoms with E-state index in [-0.39, 0.29) is 5.78 Å². The van der Waals surface area contributed by atoms with E-state index in [0.29, 0.717) is 6.42 Å². The minimum atomic E-state index is 0.182. The molecule has 84 valence electrons. The Balaban J connectivity index is 2.40. The molecule has 1 heteroatoms. The molecular weight excluding hydrogens is 196 g/mol. The van der Waals surface area contributed by atoms with Gasteiger partial charge < -0.3 is 0 Å². The predicted octanol–water partition coefficient (Wildman–Crippen LogP) is 4.02. The number of ketones is 1. The van der Waals surface area contributed by atoms with E-state index in [1.807, 2.05) is 50.3 Å². The molecular formula is C15H18O. The van der Waals surface area contributed by atoms with Gasteiger partial charge in [-0.25, -0.2) is 0 Å². The van der Waals surface area contributed by atoms with Crippen LogP contribution < -0.4 is 0 Å². The van der Waals surface area contributed by atoms with Crippen LogP contribution in [0.3, 0.4) is 0 Å². The van der Waals surface area contributed by atoms with Crippen LogP contribution in [0.15, 0.2) is 48.1 Å². The van der Waals surface area contributed by atoms with Crippen molar-refractivity contribution in [3.63, 3.8) is 0 Å². The first-order chi connectivity index (χ1) is 7.68. The van der Waals surface area contributed by atoms with E-state index >= 15 is 0 Å². The van der Waals surface area contributed by atoms with Crippen LogP contribution in [0.5, 0.6) is 0 Å². The molecule has 0 bridgehead atoms. The number of rotatable bonds is 5. The summed E-state index contributed by atoms with van der Waals surface area (Å²) in [6.45, 7) is 4.09. The molecule has 1 rings (SSSR count). The number of hydrogen-bond acceptors (Lipinski definition) is 1. The minimum absolute atomic E-state index is 0.182. The topological polar surface area (TPSA) is 17.1 Å². The fourth-order valence-corrected chi connectivity index (χ4v) is 1.34. The van der Waals surface area contributed by atoms with E-state index in [9.17, 15) is 4.79 Å². The standard InChI is InChI=1S/C15H18O/c1-13(2)7-6-10-15(16)12-11-14-8-4-3-5-9-14/h3-5,7-9,11-12H,6,10H2,1-2H3/b12-11+. The number of hydrogen-bond donors (Lipinski definition) is 0. The minimum Gasteiger partial charge on any atom is -0.295 e. The van der Waals surface area contributed by atoms with Crippen LogP contribution in [0.2, 0.25) is 0 Å². The van der Waals surface area contributed by atoms with Gasteiger partial charge in [-0.15, -0.1) is 0 Å². The predicted molar refractivity (Wildman–Crippen MR) is 69.1 cm³/mol. The van der Waals surface area contributed by atoms with Gasteiger partial charge in [-0.2, -0.15) is 0 Å². The molecule has 0 unspecified atom stereocenters. The molecule has 0 aliphatic rings. The Morgan fingerprint density at radius 3 is 2.50 bits per heavy atom. The Morgan fingerprint density at radius 1 is 1.19 bits per heavy atom. The maximum Gasteiger partial charge on any atom is 0.156 e. The van der Waals surface area contributed by atoms with Gasteiger partial charge in [0.25, 0.3) is 0 Å². The Labute approximate surface area is 97.5 Å². The lowest BCUT2D eigenvalue weighted by molar-refractivity contribution is -0.114. The van der Waals surface area contributed by atoms with Crippen molar-refractivity contribution in [2.24, 2.45) is 0 Å². The second-order valence-corrected chi connectivity index (χ2v) is 4.03. The average Bonchev–Trinajstić information content (AvgIpc) is 2.27. The molecule has 0 aliphatic heterocycles. The van der Waals surface area contributed by atoms with Crippen molar-refractivity contribution in [1.82, 2.24) is 0 Å². The highest BCUT2D eigenvalue weighted by Gasteiger charge is 1.94. The first kappa shape index (κ1) is 12.4. The third-order valence-electron chi connectivity index (χ3n) is 2.20. The molecule has 1 aromatic rings. The van der Waals surface area contributed by atoms with Gasteiger partial charge in [0.05, 0.1) is 0 Å². The molecule has 0 atom stereocenters. The summed E-state index contributed by atoms with van der Waals surface area (Å²) in [6.07, 6.45) is 7.04. The maximum absolute atomic E-state index is 11.5. The lowest BCUT2D eigenvalue weighted by Gasteiger charge is -1.93. The zero-order valence-electron chi connectivity index (χ0n) is 9.94. The van der Waals surface area contributed by atoms with Crippen molar-refractivity contribution >= 4 is 11.9 Å². The second kappa shape index (κ2) is 6.78. The number of benzene rings is 1. The SMILES string of the molecule is CC(C)=CCCC(=O)/C=C/c1ccccc1. The lowest BCUT2D eigenvalue weighted by atomic mass is 10.1.